The average Bonchev–Trinajstić information content (AvgIpc) is 2.73. The number of rotatable bonds is 6. The summed E-state index contributed by atoms with van der Waals surface area (Å²) in [7, 11) is 0. The molecule has 0 aliphatic carbocycles. The number of aryl methyl sites for hydroxylation is 1. The number of hydrogen-bond donors (Lipinski definition) is 0. The minimum Gasteiger partial charge on any atom is -0.494 e. The predicted octanol–water partition coefficient (Wildman–Crippen LogP) is 4.15. The Morgan fingerprint density at radius 2 is 2.14 bits per heavy atom. The molecule has 0 fully saturated rings. The third kappa shape index (κ3) is 3.57. The number of benzene rings is 1. The highest BCUT2D eigenvalue weighted by Crippen LogP contribution is 2.25. The van der Waals surface area contributed by atoms with E-state index >= 15 is 0 Å². The summed E-state index contributed by atoms with van der Waals surface area (Å²) in [6.07, 6.45) is 1.64. The maximum absolute atomic E-state index is 11.1. The van der Waals surface area contributed by atoms with E-state index in [2.05, 4.69) is 4.98 Å². The van der Waals surface area contributed by atoms with Gasteiger partial charge in [0.2, 0.25) is 0 Å². The Hall–Kier alpha value is -1.52. The third-order valence-electron chi connectivity index (χ3n) is 3.09. The lowest BCUT2D eigenvalue weighted by Gasteiger charge is -2.11. The van der Waals surface area contributed by atoms with Gasteiger partial charge in [0.15, 0.2) is 11.4 Å². The van der Waals surface area contributed by atoms with Crippen LogP contribution in [0.3, 0.4) is 0 Å². The van der Waals surface area contributed by atoms with E-state index in [0.29, 0.717) is 36.0 Å². The van der Waals surface area contributed by atoms with Gasteiger partial charge in [0.25, 0.3) is 0 Å². The summed E-state index contributed by atoms with van der Waals surface area (Å²) < 4.78 is 7.27. The van der Waals surface area contributed by atoms with Crippen molar-refractivity contribution in [3.63, 3.8) is 0 Å². The molecule has 2 rings (SSSR count). The highest BCUT2D eigenvalue weighted by Gasteiger charge is 2.14. The van der Waals surface area contributed by atoms with Gasteiger partial charge in [-0.2, -0.15) is 0 Å². The molecule has 0 radical (unpaired) electrons. The first-order valence-electron chi connectivity index (χ1n) is 6.65. The second-order valence-corrected chi connectivity index (χ2v) is 5.41. The number of aromatic nitrogens is 2. The normalized spacial score (nSPS) is 10.7. The fraction of sp³-hybridized carbons (Fsp3) is 0.333. The van der Waals surface area contributed by atoms with Gasteiger partial charge in [-0.3, -0.25) is 4.79 Å². The number of imidazole rings is 1. The summed E-state index contributed by atoms with van der Waals surface area (Å²) in [6.45, 7) is 4.93. The number of carbonyl (C=O) groups excluding carboxylic acids is 1. The minimum absolute atomic E-state index is 0.210. The molecule has 21 heavy (non-hydrogen) atoms. The standard InChI is InChI=1S/C15H16Cl2N2O2/c1-3-6-21-12-5-4-11(13(16)7-12)8-19-10(2)18-15(17)14(19)9-20/h4-5,7,9H,3,6,8H2,1-2H3. The van der Waals surface area contributed by atoms with E-state index in [1.807, 2.05) is 19.1 Å². The first-order chi connectivity index (χ1) is 10.1. The van der Waals surface area contributed by atoms with Crippen LogP contribution >= 0.6 is 23.2 Å². The van der Waals surface area contributed by atoms with Gasteiger partial charge < -0.3 is 9.30 Å². The Balaban J connectivity index is 2.26. The van der Waals surface area contributed by atoms with Crippen LogP contribution < -0.4 is 4.74 Å². The van der Waals surface area contributed by atoms with Crippen molar-refractivity contribution in [1.29, 1.82) is 0 Å². The van der Waals surface area contributed by atoms with Crippen LogP contribution in [0.1, 0.15) is 35.2 Å². The molecule has 0 amide bonds. The summed E-state index contributed by atoms with van der Waals surface area (Å²) in [6, 6.07) is 5.53. The summed E-state index contributed by atoms with van der Waals surface area (Å²) in [5, 5.41) is 0.797. The molecular weight excluding hydrogens is 311 g/mol. The van der Waals surface area contributed by atoms with Crippen molar-refractivity contribution in [2.75, 3.05) is 6.61 Å². The molecule has 0 atom stereocenters. The fourth-order valence-electron chi connectivity index (χ4n) is 1.99. The summed E-state index contributed by atoms with van der Waals surface area (Å²) >= 11 is 12.2. The molecule has 0 aliphatic rings. The van der Waals surface area contributed by atoms with Crippen LogP contribution in [0.4, 0.5) is 0 Å². The molecule has 1 aromatic heterocycles. The van der Waals surface area contributed by atoms with E-state index in [4.69, 9.17) is 27.9 Å². The van der Waals surface area contributed by atoms with Crippen molar-refractivity contribution in [3.05, 3.63) is 45.5 Å². The molecule has 0 bridgehead atoms. The zero-order chi connectivity index (χ0) is 15.4. The van der Waals surface area contributed by atoms with E-state index in [-0.39, 0.29) is 5.15 Å². The van der Waals surface area contributed by atoms with E-state index in [9.17, 15) is 4.79 Å². The number of ether oxygens (including phenoxy) is 1. The average molecular weight is 327 g/mol. The third-order valence-corrected chi connectivity index (χ3v) is 3.72. The molecule has 1 aromatic carbocycles. The van der Waals surface area contributed by atoms with E-state index in [1.54, 1.807) is 17.6 Å². The molecule has 0 unspecified atom stereocenters. The topological polar surface area (TPSA) is 44.1 Å². The molecule has 0 N–H and O–H groups in total. The fourth-order valence-corrected chi connectivity index (χ4v) is 2.49. The molecule has 0 saturated heterocycles. The van der Waals surface area contributed by atoms with Gasteiger partial charge in [0.05, 0.1) is 13.2 Å². The zero-order valence-electron chi connectivity index (χ0n) is 11.9. The highest BCUT2D eigenvalue weighted by molar-refractivity contribution is 6.32. The van der Waals surface area contributed by atoms with Crippen LogP contribution in [-0.4, -0.2) is 22.4 Å². The Bertz CT molecular complexity index is 653. The molecule has 4 nitrogen and oxygen atoms in total. The van der Waals surface area contributed by atoms with Gasteiger partial charge in [-0.15, -0.1) is 0 Å². The van der Waals surface area contributed by atoms with Gasteiger partial charge in [-0.1, -0.05) is 36.2 Å². The van der Waals surface area contributed by atoms with Crippen molar-refractivity contribution in [2.45, 2.75) is 26.8 Å². The van der Waals surface area contributed by atoms with Crippen molar-refractivity contribution in [3.8, 4) is 5.75 Å². The number of aldehydes is 1. The minimum atomic E-state index is 0.210. The van der Waals surface area contributed by atoms with Crippen LogP contribution in [-0.2, 0) is 6.54 Å². The van der Waals surface area contributed by atoms with Gasteiger partial charge >= 0.3 is 0 Å². The molecule has 0 aliphatic heterocycles. The first-order valence-corrected chi connectivity index (χ1v) is 7.41. The van der Waals surface area contributed by atoms with Crippen LogP contribution in [0.5, 0.6) is 5.75 Å². The van der Waals surface area contributed by atoms with Crippen molar-refractivity contribution < 1.29 is 9.53 Å². The summed E-state index contributed by atoms with van der Waals surface area (Å²) in [4.78, 5) is 15.2. The molecule has 112 valence electrons. The van der Waals surface area contributed by atoms with Crippen molar-refractivity contribution in [1.82, 2.24) is 9.55 Å². The zero-order valence-corrected chi connectivity index (χ0v) is 13.4. The lowest BCUT2D eigenvalue weighted by molar-refractivity contribution is 0.111. The Morgan fingerprint density at radius 3 is 2.76 bits per heavy atom. The molecule has 6 heteroatoms. The van der Waals surface area contributed by atoms with Crippen molar-refractivity contribution in [2.24, 2.45) is 0 Å². The molecule has 2 aromatic rings. The van der Waals surface area contributed by atoms with Crippen molar-refractivity contribution >= 4 is 29.5 Å². The Kier molecular flexibility index (Phi) is 5.26. The maximum atomic E-state index is 11.1. The smallest absolute Gasteiger partial charge is 0.169 e. The summed E-state index contributed by atoms with van der Waals surface area (Å²) in [5.41, 5.74) is 1.23. The number of nitrogens with zero attached hydrogens (tertiary/aromatic N) is 2. The van der Waals surface area contributed by atoms with Crippen LogP contribution in [0, 0.1) is 6.92 Å². The second-order valence-electron chi connectivity index (χ2n) is 4.64. The monoisotopic (exact) mass is 326 g/mol. The first kappa shape index (κ1) is 15.9. The predicted molar refractivity (Wildman–Crippen MR) is 83.7 cm³/mol. The number of carbonyl (C=O) groups is 1. The maximum Gasteiger partial charge on any atom is 0.169 e. The lowest BCUT2D eigenvalue weighted by Crippen LogP contribution is -2.06. The van der Waals surface area contributed by atoms with E-state index < -0.39 is 0 Å². The van der Waals surface area contributed by atoms with Gasteiger partial charge in [0, 0.05) is 5.02 Å². The summed E-state index contributed by atoms with van der Waals surface area (Å²) in [5.74, 6) is 1.41. The molecule has 0 spiro atoms. The van der Waals surface area contributed by atoms with Gasteiger partial charge in [0.1, 0.15) is 17.3 Å². The molecule has 1 heterocycles. The van der Waals surface area contributed by atoms with Crippen LogP contribution in [0.15, 0.2) is 18.2 Å². The largest absolute Gasteiger partial charge is 0.494 e. The van der Waals surface area contributed by atoms with Crippen LogP contribution in [0.2, 0.25) is 10.2 Å². The van der Waals surface area contributed by atoms with Gasteiger partial charge in [-0.05, 0) is 31.0 Å². The molecular formula is C15H16Cl2N2O2. The lowest BCUT2D eigenvalue weighted by atomic mass is 10.2. The van der Waals surface area contributed by atoms with Gasteiger partial charge in [-0.25, -0.2) is 4.98 Å². The van der Waals surface area contributed by atoms with Crippen LogP contribution in [0.25, 0.3) is 0 Å². The quantitative estimate of drug-likeness (QED) is 0.749. The SMILES string of the molecule is CCCOc1ccc(Cn2c(C)nc(Cl)c2C=O)c(Cl)c1. The Labute approximate surface area is 133 Å². The second kappa shape index (κ2) is 6.96. The van der Waals surface area contributed by atoms with E-state index in [0.717, 1.165) is 17.7 Å². The number of hydrogen-bond acceptors (Lipinski definition) is 3. The Morgan fingerprint density at radius 1 is 1.38 bits per heavy atom. The molecule has 0 saturated carbocycles. The van der Waals surface area contributed by atoms with E-state index in [1.165, 1.54) is 0 Å². The highest BCUT2D eigenvalue weighted by atomic mass is 35.5. The number of halogens is 2.